The first kappa shape index (κ1) is 16.6. The molecule has 0 heterocycles. The summed E-state index contributed by atoms with van der Waals surface area (Å²) in [6.07, 6.45) is 8.31. The van der Waals surface area contributed by atoms with Gasteiger partial charge >= 0.3 is 0 Å². The van der Waals surface area contributed by atoms with Crippen molar-refractivity contribution in [1.82, 2.24) is 0 Å². The third kappa shape index (κ3) is 3.35. The zero-order chi connectivity index (χ0) is 15.7. The van der Waals surface area contributed by atoms with Crippen LogP contribution in [0.2, 0.25) is 0 Å². The molecule has 0 radical (unpaired) electrons. The molecule has 0 saturated heterocycles. The van der Waals surface area contributed by atoms with Gasteiger partial charge in [-0.05, 0) is 60.0 Å². The molecule has 0 unspecified atom stereocenters. The second kappa shape index (κ2) is 5.78. The smallest absolute Gasteiger partial charge is 0.0101 e. The van der Waals surface area contributed by atoms with Crippen molar-refractivity contribution in [2.45, 2.75) is 85.5 Å². The SMILES string of the molecule is Cc1ccccc1C(C)(C)CCC(C)(C)C1(C)CCCC1. The normalized spacial score (nSPS) is 19.0. The minimum absolute atomic E-state index is 0.275. The number of benzene rings is 1. The Morgan fingerprint density at radius 3 is 2.10 bits per heavy atom. The van der Waals surface area contributed by atoms with Gasteiger partial charge in [0.05, 0.1) is 0 Å². The Hall–Kier alpha value is -0.780. The quantitative estimate of drug-likeness (QED) is 0.567. The first-order valence-electron chi connectivity index (χ1n) is 8.74. The Morgan fingerprint density at radius 1 is 0.952 bits per heavy atom. The molecule has 0 aromatic heterocycles. The lowest BCUT2D eigenvalue weighted by molar-refractivity contribution is 0.0760. The van der Waals surface area contributed by atoms with Crippen LogP contribution in [0.15, 0.2) is 24.3 Å². The zero-order valence-electron chi connectivity index (χ0n) is 15.1. The van der Waals surface area contributed by atoms with Crippen LogP contribution in [0.4, 0.5) is 0 Å². The molecule has 0 aliphatic heterocycles. The highest BCUT2D eigenvalue weighted by atomic mass is 14.5. The molecule has 1 fully saturated rings. The van der Waals surface area contributed by atoms with Crippen molar-refractivity contribution in [2.24, 2.45) is 10.8 Å². The lowest BCUT2D eigenvalue weighted by atomic mass is 9.61. The van der Waals surface area contributed by atoms with Crippen LogP contribution in [0.25, 0.3) is 0 Å². The van der Waals surface area contributed by atoms with Gasteiger partial charge in [0.1, 0.15) is 0 Å². The first-order chi connectivity index (χ1) is 9.68. The predicted molar refractivity (Wildman–Crippen MR) is 93.8 cm³/mol. The van der Waals surface area contributed by atoms with E-state index in [1.807, 2.05) is 0 Å². The second-order valence-electron chi connectivity index (χ2n) is 8.85. The Bertz CT molecular complexity index is 473. The van der Waals surface area contributed by atoms with Crippen LogP contribution < -0.4 is 0 Å². The molecule has 118 valence electrons. The van der Waals surface area contributed by atoms with Crippen LogP contribution in [-0.2, 0) is 5.41 Å². The maximum Gasteiger partial charge on any atom is -0.0101 e. The van der Waals surface area contributed by atoms with Crippen molar-refractivity contribution >= 4 is 0 Å². The topological polar surface area (TPSA) is 0 Å². The van der Waals surface area contributed by atoms with Gasteiger partial charge in [0.25, 0.3) is 0 Å². The number of aryl methyl sites for hydroxylation is 1. The fraction of sp³-hybridized carbons (Fsp3) is 0.714. The molecule has 0 bridgehead atoms. The van der Waals surface area contributed by atoms with Gasteiger partial charge in [-0.25, -0.2) is 0 Å². The summed E-state index contributed by atoms with van der Waals surface area (Å²) < 4.78 is 0. The molecule has 0 spiro atoms. The van der Waals surface area contributed by atoms with E-state index in [1.165, 1.54) is 49.7 Å². The zero-order valence-corrected chi connectivity index (χ0v) is 15.1. The Morgan fingerprint density at radius 2 is 1.52 bits per heavy atom. The summed E-state index contributed by atoms with van der Waals surface area (Å²) in [7, 11) is 0. The molecule has 1 saturated carbocycles. The van der Waals surface area contributed by atoms with Gasteiger partial charge in [0.15, 0.2) is 0 Å². The maximum absolute atomic E-state index is 2.53. The summed E-state index contributed by atoms with van der Waals surface area (Å²) in [4.78, 5) is 0. The van der Waals surface area contributed by atoms with E-state index in [-0.39, 0.29) is 5.41 Å². The third-order valence-corrected chi connectivity index (χ3v) is 6.59. The minimum atomic E-state index is 0.275. The van der Waals surface area contributed by atoms with Crippen LogP contribution in [0.5, 0.6) is 0 Å². The van der Waals surface area contributed by atoms with Gasteiger partial charge in [0, 0.05) is 0 Å². The summed E-state index contributed by atoms with van der Waals surface area (Å²) in [5, 5.41) is 0. The van der Waals surface area contributed by atoms with Gasteiger partial charge in [-0.2, -0.15) is 0 Å². The molecule has 1 aromatic rings. The summed E-state index contributed by atoms with van der Waals surface area (Å²) in [6, 6.07) is 8.91. The summed E-state index contributed by atoms with van der Waals surface area (Å²) >= 11 is 0. The monoisotopic (exact) mass is 286 g/mol. The molecular weight excluding hydrogens is 252 g/mol. The van der Waals surface area contributed by atoms with E-state index in [0.717, 1.165) is 0 Å². The van der Waals surface area contributed by atoms with Crippen LogP contribution >= 0.6 is 0 Å². The van der Waals surface area contributed by atoms with Crippen molar-refractivity contribution in [3.05, 3.63) is 35.4 Å². The highest BCUT2D eigenvalue weighted by Crippen LogP contribution is 2.54. The fourth-order valence-electron chi connectivity index (χ4n) is 4.23. The maximum atomic E-state index is 2.53. The lowest BCUT2D eigenvalue weighted by Crippen LogP contribution is -2.34. The molecule has 0 nitrogen and oxygen atoms in total. The number of hydrogen-bond donors (Lipinski definition) is 0. The predicted octanol–water partition coefficient (Wildman–Crippen LogP) is 6.66. The average Bonchev–Trinajstić information content (AvgIpc) is 2.86. The lowest BCUT2D eigenvalue weighted by Gasteiger charge is -2.44. The fourth-order valence-corrected chi connectivity index (χ4v) is 4.23. The first-order valence-corrected chi connectivity index (χ1v) is 8.74. The average molecular weight is 287 g/mol. The molecule has 0 atom stereocenters. The van der Waals surface area contributed by atoms with Gasteiger partial charge in [-0.15, -0.1) is 0 Å². The standard InChI is InChI=1S/C21H34/c1-17-11-7-8-12-18(17)19(2,3)15-16-20(4,5)21(6)13-9-10-14-21/h7-8,11-12H,9-10,13-16H2,1-6H3. The minimum Gasteiger partial charge on any atom is -0.0620 e. The summed E-state index contributed by atoms with van der Waals surface area (Å²) in [6.45, 7) is 14.6. The molecule has 0 heteroatoms. The number of rotatable bonds is 5. The van der Waals surface area contributed by atoms with Crippen LogP contribution in [0, 0.1) is 17.8 Å². The molecule has 21 heavy (non-hydrogen) atoms. The van der Waals surface area contributed by atoms with Crippen molar-refractivity contribution in [1.29, 1.82) is 0 Å². The number of hydrogen-bond acceptors (Lipinski definition) is 0. The second-order valence-corrected chi connectivity index (χ2v) is 8.85. The van der Waals surface area contributed by atoms with Crippen molar-refractivity contribution in [3.8, 4) is 0 Å². The van der Waals surface area contributed by atoms with Crippen LogP contribution in [0.3, 0.4) is 0 Å². The van der Waals surface area contributed by atoms with E-state index in [4.69, 9.17) is 0 Å². The molecule has 1 aromatic carbocycles. The van der Waals surface area contributed by atoms with E-state index in [2.05, 4.69) is 65.8 Å². The van der Waals surface area contributed by atoms with Gasteiger partial charge in [-0.1, -0.05) is 71.7 Å². The molecule has 0 amide bonds. The van der Waals surface area contributed by atoms with E-state index in [0.29, 0.717) is 10.8 Å². The van der Waals surface area contributed by atoms with Crippen LogP contribution in [-0.4, -0.2) is 0 Å². The molecule has 1 aliphatic carbocycles. The van der Waals surface area contributed by atoms with E-state index >= 15 is 0 Å². The highest BCUT2D eigenvalue weighted by Gasteiger charge is 2.43. The summed E-state index contributed by atoms with van der Waals surface area (Å²) in [5.41, 5.74) is 4.24. The van der Waals surface area contributed by atoms with E-state index in [9.17, 15) is 0 Å². The Kier molecular flexibility index (Phi) is 4.57. The van der Waals surface area contributed by atoms with Crippen molar-refractivity contribution < 1.29 is 0 Å². The van der Waals surface area contributed by atoms with Crippen LogP contribution in [0.1, 0.15) is 84.3 Å². The molecule has 0 N–H and O–H groups in total. The molecular formula is C21H34. The van der Waals surface area contributed by atoms with Crippen molar-refractivity contribution in [2.75, 3.05) is 0 Å². The van der Waals surface area contributed by atoms with Crippen molar-refractivity contribution in [3.63, 3.8) is 0 Å². The van der Waals surface area contributed by atoms with Gasteiger partial charge < -0.3 is 0 Å². The van der Waals surface area contributed by atoms with Gasteiger partial charge in [-0.3, -0.25) is 0 Å². The largest absolute Gasteiger partial charge is 0.0620 e. The Balaban J connectivity index is 2.09. The van der Waals surface area contributed by atoms with Gasteiger partial charge in [0.2, 0.25) is 0 Å². The Labute approximate surface area is 132 Å². The third-order valence-electron chi connectivity index (χ3n) is 6.59. The molecule has 1 aliphatic rings. The summed E-state index contributed by atoms with van der Waals surface area (Å²) in [5.74, 6) is 0. The molecule has 2 rings (SSSR count). The van der Waals surface area contributed by atoms with E-state index < -0.39 is 0 Å². The van der Waals surface area contributed by atoms with E-state index in [1.54, 1.807) is 0 Å². The highest BCUT2D eigenvalue weighted by molar-refractivity contribution is 5.32.